The summed E-state index contributed by atoms with van der Waals surface area (Å²) in [7, 11) is -1.34. The SMILES string of the molecule is CNCCC#Cc1cccc(S(=O)(=O)C(C)C)c1. The fourth-order valence-corrected chi connectivity index (χ4v) is 2.48. The maximum Gasteiger partial charge on any atom is 0.180 e. The van der Waals surface area contributed by atoms with Gasteiger partial charge in [0.25, 0.3) is 0 Å². The van der Waals surface area contributed by atoms with Crippen LogP contribution in [0.2, 0.25) is 0 Å². The standard InChI is InChI=1S/C14H19NO2S/c1-12(2)18(16,17)14-9-6-8-13(11-14)7-4-5-10-15-3/h6,8-9,11-12,15H,5,10H2,1-3H3. The van der Waals surface area contributed by atoms with Crippen molar-refractivity contribution in [2.24, 2.45) is 0 Å². The van der Waals surface area contributed by atoms with E-state index < -0.39 is 15.1 Å². The van der Waals surface area contributed by atoms with Gasteiger partial charge < -0.3 is 5.32 Å². The third-order valence-corrected chi connectivity index (χ3v) is 4.67. The first-order chi connectivity index (χ1) is 8.48. The summed E-state index contributed by atoms with van der Waals surface area (Å²) in [4.78, 5) is 0.345. The molecule has 1 aromatic rings. The summed E-state index contributed by atoms with van der Waals surface area (Å²) in [5.41, 5.74) is 0.743. The van der Waals surface area contributed by atoms with Crippen LogP contribution in [0.25, 0.3) is 0 Å². The zero-order valence-electron chi connectivity index (χ0n) is 11.0. The highest BCUT2D eigenvalue weighted by Crippen LogP contribution is 2.16. The molecular formula is C14H19NO2S. The molecule has 0 unspecified atom stereocenters. The topological polar surface area (TPSA) is 46.2 Å². The van der Waals surface area contributed by atoms with Gasteiger partial charge in [-0.25, -0.2) is 8.42 Å². The summed E-state index contributed by atoms with van der Waals surface area (Å²) < 4.78 is 24.0. The molecule has 1 rings (SSSR count). The molecule has 0 saturated heterocycles. The Kier molecular flexibility index (Phi) is 5.39. The van der Waals surface area contributed by atoms with E-state index in [-0.39, 0.29) is 0 Å². The summed E-state index contributed by atoms with van der Waals surface area (Å²) >= 11 is 0. The van der Waals surface area contributed by atoms with Crippen molar-refractivity contribution < 1.29 is 8.42 Å². The van der Waals surface area contributed by atoms with E-state index >= 15 is 0 Å². The zero-order valence-corrected chi connectivity index (χ0v) is 11.8. The van der Waals surface area contributed by atoms with Crippen LogP contribution in [0, 0.1) is 11.8 Å². The van der Waals surface area contributed by atoms with E-state index in [0.717, 1.165) is 18.5 Å². The molecule has 4 heteroatoms. The first-order valence-electron chi connectivity index (χ1n) is 5.96. The van der Waals surface area contributed by atoms with Gasteiger partial charge in [0, 0.05) is 18.5 Å². The molecule has 98 valence electrons. The van der Waals surface area contributed by atoms with Gasteiger partial charge >= 0.3 is 0 Å². The number of rotatable bonds is 4. The lowest BCUT2D eigenvalue weighted by Gasteiger charge is -2.07. The van der Waals surface area contributed by atoms with Crippen LogP contribution in [0.3, 0.4) is 0 Å². The number of nitrogens with one attached hydrogen (secondary N) is 1. The van der Waals surface area contributed by atoms with E-state index in [9.17, 15) is 8.42 Å². The summed E-state index contributed by atoms with van der Waals surface area (Å²) in [5, 5.41) is 2.59. The van der Waals surface area contributed by atoms with Crippen LogP contribution in [0.4, 0.5) is 0 Å². The maximum absolute atomic E-state index is 12.0. The average Bonchev–Trinajstić information content (AvgIpc) is 2.35. The lowest BCUT2D eigenvalue weighted by Crippen LogP contribution is -2.13. The largest absolute Gasteiger partial charge is 0.319 e. The Balaban J connectivity index is 2.96. The monoisotopic (exact) mass is 265 g/mol. The van der Waals surface area contributed by atoms with Gasteiger partial charge in [-0.1, -0.05) is 17.9 Å². The highest BCUT2D eigenvalue weighted by molar-refractivity contribution is 7.92. The van der Waals surface area contributed by atoms with Gasteiger partial charge in [-0.05, 0) is 39.1 Å². The molecule has 0 aliphatic rings. The highest BCUT2D eigenvalue weighted by atomic mass is 32.2. The van der Waals surface area contributed by atoms with Crippen LogP contribution in [-0.4, -0.2) is 27.3 Å². The molecule has 0 aliphatic carbocycles. The fourth-order valence-electron chi connectivity index (χ4n) is 1.38. The van der Waals surface area contributed by atoms with Crippen molar-refractivity contribution in [3.8, 4) is 11.8 Å². The van der Waals surface area contributed by atoms with Crippen LogP contribution in [0.5, 0.6) is 0 Å². The van der Waals surface area contributed by atoms with Gasteiger partial charge in [0.05, 0.1) is 10.1 Å². The Labute approximate surface area is 110 Å². The molecule has 0 aromatic heterocycles. The van der Waals surface area contributed by atoms with Crippen molar-refractivity contribution in [3.05, 3.63) is 29.8 Å². The predicted octanol–water partition coefficient (Wildman–Crippen LogP) is 1.83. The zero-order chi connectivity index (χ0) is 13.6. The quantitative estimate of drug-likeness (QED) is 0.667. The first-order valence-corrected chi connectivity index (χ1v) is 7.50. The van der Waals surface area contributed by atoms with Crippen molar-refractivity contribution >= 4 is 9.84 Å². The Hall–Kier alpha value is -1.31. The third kappa shape index (κ3) is 3.86. The molecule has 1 N–H and O–H groups in total. The van der Waals surface area contributed by atoms with Gasteiger partial charge in [0.2, 0.25) is 0 Å². The second-order valence-electron chi connectivity index (χ2n) is 4.28. The molecule has 0 heterocycles. The summed E-state index contributed by atoms with van der Waals surface area (Å²) in [6.45, 7) is 4.19. The molecule has 0 aliphatic heterocycles. The van der Waals surface area contributed by atoms with Gasteiger partial charge in [-0.15, -0.1) is 0 Å². The molecule has 0 bridgehead atoms. The Morgan fingerprint density at radius 1 is 1.33 bits per heavy atom. The fraction of sp³-hybridized carbons (Fsp3) is 0.429. The minimum atomic E-state index is -3.21. The van der Waals surface area contributed by atoms with E-state index in [2.05, 4.69) is 17.2 Å². The molecule has 0 amide bonds. The van der Waals surface area contributed by atoms with Crippen molar-refractivity contribution in [2.45, 2.75) is 30.4 Å². The Morgan fingerprint density at radius 3 is 2.67 bits per heavy atom. The van der Waals surface area contributed by atoms with Crippen LogP contribution < -0.4 is 5.32 Å². The number of benzene rings is 1. The van der Waals surface area contributed by atoms with E-state index in [0.29, 0.717) is 4.90 Å². The number of sulfone groups is 1. The minimum Gasteiger partial charge on any atom is -0.319 e. The van der Waals surface area contributed by atoms with Gasteiger partial charge in [-0.3, -0.25) is 0 Å². The molecule has 18 heavy (non-hydrogen) atoms. The predicted molar refractivity (Wildman–Crippen MR) is 74.2 cm³/mol. The first kappa shape index (κ1) is 14.7. The van der Waals surface area contributed by atoms with Gasteiger partial charge in [-0.2, -0.15) is 0 Å². The maximum atomic E-state index is 12.0. The minimum absolute atomic E-state index is 0.345. The van der Waals surface area contributed by atoms with Crippen LogP contribution >= 0.6 is 0 Å². The van der Waals surface area contributed by atoms with E-state index in [1.807, 2.05) is 13.1 Å². The second kappa shape index (κ2) is 6.58. The molecule has 0 spiro atoms. The smallest absolute Gasteiger partial charge is 0.180 e. The van der Waals surface area contributed by atoms with E-state index in [1.54, 1.807) is 32.0 Å². The molecule has 0 saturated carbocycles. The highest BCUT2D eigenvalue weighted by Gasteiger charge is 2.18. The molecule has 0 fully saturated rings. The number of hydrogen-bond acceptors (Lipinski definition) is 3. The van der Waals surface area contributed by atoms with Crippen molar-refractivity contribution in [2.75, 3.05) is 13.6 Å². The lowest BCUT2D eigenvalue weighted by molar-refractivity contribution is 0.587. The third-order valence-electron chi connectivity index (χ3n) is 2.52. The van der Waals surface area contributed by atoms with Crippen molar-refractivity contribution in [1.29, 1.82) is 0 Å². The van der Waals surface area contributed by atoms with Crippen molar-refractivity contribution in [3.63, 3.8) is 0 Å². The van der Waals surface area contributed by atoms with Crippen molar-refractivity contribution in [1.82, 2.24) is 5.32 Å². The Bertz CT molecular complexity index is 551. The molecule has 0 radical (unpaired) electrons. The second-order valence-corrected chi connectivity index (χ2v) is 6.78. The van der Waals surface area contributed by atoms with Gasteiger partial charge in [0.15, 0.2) is 9.84 Å². The number of hydrogen-bond donors (Lipinski definition) is 1. The Morgan fingerprint density at radius 2 is 2.06 bits per heavy atom. The normalized spacial score (nSPS) is 11.1. The average molecular weight is 265 g/mol. The van der Waals surface area contributed by atoms with Gasteiger partial charge in [0.1, 0.15) is 0 Å². The molecular weight excluding hydrogens is 246 g/mol. The summed E-state index contributed by atoms with van der Waals surface area (Å²) in [6.07, 6.45) is 0.748. The van der Waals surface area contributed by atoms with Crippen LogP contribution in [0.15, 0.2) is 29.2 Å². The van der Waals surface area contributed by atoms with E-state index in [1.165, 1.54) is 0 Å². The molecule has 1 aromatic carbocycles. The van der Waals surface area contributed by atoms with Crippen LogP contribution in [-0.2, 0) is 9.84 Å². The van der Waals surface area contributed by atoms with E-state index in [4.69, 9.17) is 0 Å². The lowest BCUT2D eigenvalue weighted by atomic mass is 10.2. The summed E-state index contributed by atoms with van der Waals surface area (Å²) in [5.74, 6) is 5.98. The van der Waals surface area contributed by atoms with Crippen LogP contribution in [0.1, 0.15) is 25.8 Å². The molecule has 3 nitrogen and oxygen atoms in total. The molecule has 0 atom stereocenters. The summed E-state index contributed by atoms with van der Waals surface area (Å²) in [6, 6.07) is 6.82.